The molecule has 50 valence electrons. The molecule has 2 N–H and O–H groups in total. The van der Waals surface area contributed by atoms with E-state index in [1.54, 1.807) is 0 Å². The van der Waals surface area contributed by atoms with Gasteiger partial charge in [0.1, 0.15) is 0 Å². The maximum Gasteiger partial charge on any atom is 0.166 e. The van der Waals surface area contributed by atoms with Crippen molar-refractivity contribution in [2.24, 2.45) is 0 Å². The molecule has 0 amide bonds. The van der Waals surface area contributed by atoms with Crippen molar-refractivity contribution >= 4 is 17.3 Å². The standard InChI is InChI=1S/C6H10N2S/c9-5-7-4-3-6(8-5)1-2-6/h1-4H2,(H2,7,8,9). The van der Waals surface area contributed by atoms with E-state index in [0.29, 0.717) is 5.54 Å². The van der Waals surface area contributed by atoms with Gasteiger partial charge in [-0.1, -0.05) is 0 Å². The van der Waals surface area contributed by atoms with Gasteiger partial charge in [-0.05, 0) is 31.5 Å². The first-order valence-electron chi connectivity index (χ1n) is 3.37. The predicted molar refractivity (Wildman–Crippen MR) is 40.3 cm³/mol. The van der Waals surface area contributed by atoms with Crippen LogP contribution in [0.4, 0.5) is 0 Å². The first-order chi connectivity index (χ1) is 4.31. The maximum absolute atomic E-state index is 4.97. The minimum Gasteiger partial charge on any atom is -0.363 e. The normalized spacial score (nSPS) is 29.1. The number of rotatable bonds is 0. The lowest BCUT2D eigenvalue weighted by molar-refractivity contribution is 0.502. The molecule has 1 aliphatic carbocycles. The summed E-state index contributed by atoms with van der Waals surface area (Å²) in [5.74, 6) is 0. The highest BCUT2D eigenvalue weighted by Gasteiger charge is 2.44. The van der Waals surface area contributed by atoms with E-state index in [4.69, 9.17) is 12.2 Å². The van der Waals surface area contributed by atoms with Crippen LogP contribution in [0.1, 0.15) is 19.3 Å². The Morgan fingerprint density at radius 3 is 2.56 bits per heavy atom. The van der Waals surface area contributed by atoms with Crippen molar-refractivity contribution in [3.05, 3.63) is 0 Å². The zero-order valence-corrected chi connectivity index (χ0v) is 6.05. The van der Waals surface area contributed by atoms with E-state index < -0.39 is 0 Å². The molecule has 3 heteroatoms. The average molecular weight is 142 g/mol. The van der Waals surface area contributed by atoms with Crippen LogP contribution in [0.3, 0.4) is 0 Å². The number of thiocarbonyl (C=S) groups is 1. The van der Waals surface area contributed by atoms with Crippen LogP contribution in [-0.2, 0) is 0 Å². The van der Waals surface area contributed by atoms with E-state index in [9.17, 15) is 0 Å². The second kappa shape index (κ2) is 1.59. The van der Waals surface area contributed by atoms with Crippen LogP contribution >= 0.6 is 12.2 Å². The van der Waals surface area contributed by atoms with Crippen molar-refractivity contribution in [2.45, 2.75) is 24.8 Å². The quantitative estimate of drug-likeness (QED) is 0.478. The molecule has 2 fully saturated rings. The van der Waals surface area contributed by atoms with Gasteiger partial charge in [0, 0.05) is 12.1 Å². The summed E-state index contributed by atoms with van der Waals surface area (Å²) in [4.78, 5) is 0. The Labute approximate surface area is 60.0 Å². The summed E-state index contributed by atoms with van der Waals surface area (Å²) in [6, 6.07) is 0. The van der Waals surface area contributed by atoms with Crippen LogP contribution in [0.2, 0.25) is 0 Å². The van der Waals surface area contributed by atoms with Crippen LogP contribution in [0, 0.1) is 0 Å². The van der Waals surface area contributed by atoms with Crippen LogP contribution in [0.15, 0.2) is 0 Å². The Balaban J connectivity index is 2.04. The highest BCUT2D eigenvalue weighted by Crippen LogP contribution is 2.39. The zero-order chi connectivity index (χ0) is 6.32. The molecule has 1 saturated heterocycles. The lowest BCUT2D eigenvalue weighted by Gasteiger charge is -2.25. The van der Waals surface area contributed by atoms with Crippen molar-refractivity contribution in [1.82, 2.24) is 10.6 Å². The fourth-order valence-electron chi connectivity index (χ4n) is 1.29. The SMILES string of the molecule is S=C1NCCC2(CC2)N1. The first kappa shape index (κ1) is 5.47. The Hall–Kier alpha value is -0.310. The monoisotopic (exact) mass is 142 g/mol. The molecule has 0 unspecified atom stereocenters. The van der Waals surface area contributed by atoms with Crippen LogP contribution in [0.25, 0.3) is 0 Å². The number of hydrogen-bond donors (Lipinski definition) is 2. The summed E-state index contributed by atoms with van der Waals surface area (Å²) in [6.45, 7) is 1.06. The lowest BCUT2D eigenvalue weighted by atomic mass is 10.1. The fourth-order valence-corrected chi connectivity index (χ4v) is 1.61. The molecule has 0 radical (unpaired) electrons. The Morgan fingerprint density at radius 1 is 1.33 bits per heavy atom. The van der Waals surface area contributed by atoms with Gasteiger partial charge in [0.2, 0.25) is 0 Å². The molecule has 1 heterocycles. The van der Waals surface area contributed by atoms with Gasteiger partial charge in [-0.15, -0.1) is 0 Å². The highest BCUT2D eigenvalue weighted by atomic mass is 32.1. The topological polar surface area (TPSA) is 24.1 Å². The summed E-state index contributed by atoms with van der Waals surface area (Å²) in [5.41, 5.74) is 0.447. The summed E-state index contributed by atoms with van der Waals surface area (Å²) < 4.78 is 0. The third-order valence-corrected chi connectivity index (χ3v) is 2.37. The van der Waals surface area contributed by atoms with Gasteiger partial charge in [0.15, 0.2) is 5.11 Å². The van der Waals surface area contributed by atoms with Gasteiger partial charge in [-0.25, -0.2) is 0 Å². The summed E-state index contributed by atoms with van der Waals surface area (Å²) in [7, 11) is 0. The molecule has 0 atom stereocenters. The molecule has 2 aliphatic rings. The molecule has 1 aliphatic heterocycles. The summed E-state index contributed by atoms with van der Waals surface area (Å²) >= 11 is 4.97. The fraction of sp³-hybridized carbons (Fsp3) is 0.833. The summed E-state index contributed by atoms with van der Waals surface area (Å²) in [5, 5.41) is 7.23. The van der Waals surface area contributed by atoms with Crippen molar-refractivity contribution in [2.75, 3.05) is 6.54 Å². The van der Waals surface area contributed by atoms with Crippen molar-refractivity contribution in [3.8, 4) is 0 Å². The summed E-state index contributed by atoms with van der Waals surface area (Å²) in [6.07, 6.45) is 3.87. The second-order valence-corrected chi connectivity index (χ2v) is 3.32. The van der Waals surface area contributed by atoms with Gasteiger partial charge in [-0.2, -0.15) is 0 Å². The maximum atomic E-state index is 4.97. The lowest BCUT2D eigenvalue weighted by Crippen LogP contribution is -2.50. The molecular formula is C6H10N2S. The predicted octanol–water partition coefficient (Wildman–Crippen LogP) is 0.387. The van der Waals surface area contributed by atoms with Gasteiger partial charge < -0.3 is 10.6 Å². The molecule has 0 aromatic rings. The Kier molecular flexibility index (Phi) is 0.970. The average Bonchev–Trinajstić information content (AvgIpc) is 2.49. The smallest absolute Gasteiger partial charge is 0.166 e. The van der Waals surface area contributed by atoms with Gasteiger partial charge in [-0.3, -0.25) is 0 Å². The van der Waals surface area contributed by atoms with E-state index in [-0.39, 0.29) is 0 Å². The largest absolute Gasteiger partial charge is 0.363 e. The van der Waals surface area contributed by atoms with Crippen LogP contribution in [0.5, 0.6) is 0 Å². The van der Waals surface area contributed by atoms with Gasteiger partial charge in [0.25, 0.3) is 0 Å². The molecule has 2 nitrogen and oxygen atoms in total. The van der Waals surface area contributed by atoms with Crippen molar-refractivity contribution in [3.63, 3.8) is 0 Å². The third-order valence-electron chi connectivity index (χ3n) is 2.12. The van der Waals surface area contributed by atoms with E-state index in [1.807, 2.05) is 0 Å². The number of nitrogens with one attached hydrogen (secondary N) is 2. The van der Waals surface area contributed by atoms with E-state index in [2.05, 4.69) is 10.6 Å². The van der Waals surface area contributed by atoms with Gasteiger partial charge in [0.05, 0.1) is 0 Å². The molecule has 9 heavy (non-hydrogen) atoms. The van der Waals surface area contributed by atoms with E-state index in [0.717, 1.165) is 11.7 Å². The van der Waals surface area contributed by atoms with E-state index in [1.165, 1.54) is 19.3 Å². The Morgan fingerprint density at radius 2 is 2.11 bits per heavy atom. The number of hydrogen-bond acceptors (Lipinski definition) is 1. The van der Waals surface area contributed by atoms with Crippen molar-refractivity contribution in [1.29, 1.82) is 0 Å². The molecule has 2 rings (SSSR count). The zero-order valence-electron chi connectivity index (χ0n) is 5.24. The molecule has 0 aromatic carbocycles. The second-order valence-electron chi connectivity index (χ2n) is 2.91. The Bertz CT molecular complexity index is 151. The molecule has 1 spiro atoms. The van der Waals surface area contributed by atoms with Gasteiger partial charge >= 0.3 is 0 Å². The molecular weight excluding hydrogens is 132 g/mol. The molecule has 0 bridgehead atoms. The molecule has 0 aromatic heterocycles. The van der Waals surface area contributed by atoms with E-state index >= 15 is 0 Å². The van der Waals surface area contributed by atoms with Crippen molar-refractivity contribution < 1.29 is 0 Å². The highest BCUT2D eigenvalue weighted by molar-refractivity contribution is 7.80. The van der Waals surface area contributed by atoms with Crippen LogP contribution in [-0.4, -0.2) is 17.2 Å². The minimum atomic E-state index is 0.447. The van der Waals surface area contributed by atoms with Crippen LogP contribution < -0.4 is 10.6 Å². The third kappa shape index (κ3) is 0.894. The minimum absolute atomic E-state index is 0.447. The molecule has 1 saturated carbocycles. The first-order valence-corrected chi connectivity index (χ1v) is 3.78.